The molecule has 1 aliphatic heterocycles. The zero-order valence-electron chi connectivity index (χ0n) is 11.7. The van der Waals surface area contributed by atoms with Gasteiger partial charge in [0.2, 0.25) is 0 Å². The van der Waals surface area contributed by atoms with Crippen LogP contribution in [-0.4, -0.2) is 19.6 Å². The number of benzene rings is 1. The quantitative estimate of drug-likeness (QED) is 0.904. The van der Waals surface area contributed by atoms with Gasteiger partial charge in [0.05, 0.1) is 0 Å². The van der Waals surface area contributed by atoms with Crippen molar-refractivity contribution in [2.45, 2.75) is 44.7 Å². The van der Waals surface area contributed by atoms with Gasteiger partial charge in [-0.25, -0.2) is 0 Å². The first-order chi connectivity index (χ1) is 9.29. The standard InChI is InChI=1S/C16H23ClN2/c1-18-11-13-10-14(17)7-8-16(13)19-9-3-5-12-4-2-6-15(12)19/h7-8,10,12,15,18H,2-6,9,11H2,1H3. The molecule has 1 N–H and O–H groups in total. The minimum absolute atomic E-state index is 0.769. The fourth-order valence-corrected chi connectivity index (χ4v) is 4.11. The molecule has 1 heterocycles. The summed E-state index contributed by atoms with van der Waals surface area (Å²) < 4.78 is 0. The average Bonchev–Trinajstić information content (AvgIpc) is 2.88. The van der Waals surface area contributed by atoms with Gasteiger partial charge >= 0.3 is 0 Å². The van der Waals surface area contributed by atoms with Crippen molar-refractivity contribution in [2.24, 2.45) is 5.92 Å². The van der Waals surface area contributed by atoms with Crippen molar-refractivity contribution in [3.8, 4) is 0 Å². The van der Waals surface area contributed by atoms with Gasteiger partial charge in [-0.1, -0.05) is 18.0 Å². The molecule has 1 aromatic rings. The third kappa shape index (κ3) is 2.61. The van der Waals surface area contributed by atoms with Crippen LogP contribution in [0.2, 0.25) is 5.02 Å². The summed E-state index contributed by atoms with van der Waals surface area (Å²) in [6.45, 7) is 2.10. The number of rotatable bonds is 3. The fourth-order valence-electron chi connectivity index (χ4n) is 3.92. The highest BCUT2D eigenvalue weighted by Crippen LogP contribution is 2.40. The van der Waals surface area contributed by atoms with Gasteiger partial charge in [0, 0.05) is 29.8 Å². The maximum atomic E-state index is 6.16. The summed E-state index contributed by atoms with van der Waals surface area (Å²) in [5, 5.41) is 4.11. The molecule has 1 saturated carbocycles. The normalized spacial score (nSPS) is 26.5. The Morgan fingerprint density at radius 1 is 1.26 bits per heavy atom. The van der Waals surface area contributed by atoms with E-state index in [1.807, 2.05) is 13.1 Å². The minimum atomic E-state index is 0.769. The van der Waals surface area contributed by atoms with E-state index in [0.29, 0.717) is 0 Å². The van der Waals surface area contributed by atoms with Gasteiger partial charge in [0.1, 0.15) is 0 Å². The largest absolute Gasteiger partial charge is 0.368 e. The lowest BCUT2D eigenvalue weighted by Gasteiger charge is -2.40. The first kappa shape index (κ1) is 13.3. The molecule has 0 spiro atoms. The Bertz CT molecular complexity index is 446. The number of anilines is 1. The maximum Gasteiger partial charge on any atom is 0.0415 e. The summed E-state index contributed by atoms with van der Waals surface area (Å²) >= 11 is 6.16. The van der Waals surface area contributed by atoms with Crippen LogP contribution in [-0.2, 0) is 6.54 Å². The Kier molecular flexibility index (Phi) is 3.99. The number of piperidine rings is 1. The van der Waals surface area contributed by atoms with Gasteiger partial charge in [0.25, 0.3) is 0 Å². The first-order valence-electron chi connectivity index (χ1n) is 7.49. The van der Waals surface area contributed by atoms with Crippen molar-refractivity contribution in [3.05, 3.63) is 28.8 Å². The Morgan fingerprint density at radius 3 is 2.95 bits per heavy atom. The number of hydrogen-bond acceptors (Lipinski definition) is 2. The molecule has 3 rings (SSSR count). The maximum absolute atomic E-state index is 6.16. The Morgan fingerprint density at radius 2 is 2.11 bits per heavy atom. The van der Waals surface area contributed by atoms with Crippen molar-refractivity contribution in [1.29, 1.82) is 0 Å². The first-order valence-corrected chi connectivity index (χ1v) is 7.87. The van der Waals surface area contributed by atoms with Crippen LogP contribution in [0.25, 0.3) is 0 Å². The second kappa shape index (κ2) is 5.72. The van der Waals surface area contributed by atoms with E-state index in [-0.39, 0.29) is 0 Å². The lowest BCUT2D eigenvalue weighted by molar-refractivity contribution is 0.362. The van der Waals surface area contributed by atoms with Crippen LogP contribution < -0.4 is 10.2 Å². The molecule has 2 nitrogen and oxygen atoms in total. The molecule has 1 aromatic carbocycles. The van der Waals surface area contributed by atoms with E-state index in [9.17, 15) is 0 Å². The zero-order chi connectivity index (χ0) is 13.2. The average molecular weight is 279 g/mol. The van der Waals surface area contributed by atoms with Crippen LogP contribution >= 0.6 is 11.6 Å². The molecule has 0 bridgehead atoms. The van der Waals surface area contributed by atoms with E-state index in [4.69, 9.17) is 11.6 Å². The minimum Gasteiger partial charge on any atom is -0.368 e. The molecule has 2 unspecified atom stereocenters. The van der Waals surface area contributed by atoms with Gasteiger partial charge < -0.3 is 10.2 Å². The smallest absolute Gasteiger partial charge is 0.0415 e. The van der Waals surface area contributed by atoms with Gasteiger partial charge in [-0.2, -0.15) is 0 Å². The van der Waals surface area contributed by atoms with Gasteiger partial charge in [-0.3, -0.25) is 0 Å². The molecule has 3 heteroatoms. The van der Waals surface area contributed by atoms with Gasteiger partial charge in [-0.15, -0.1) is 0 Å². The molecule has 1 aliphatic carbocycles. The van der Waals surface area contributed by atoms with E-state index in [2.05, 4.69) is 22.3 Å². The number of halogens is 1. The number of fused-ring (bicyclic) bond motifs is 1. The second-order valence-corrected chi connectivity index (χ2v) is 6.33. The van der Waals surface area contributed by atoms with Crippen LogP contribution in [0.15, 0.2) is 18.2 Å². The van der Waals surface area contributed by atoms with Crippen LogP contribution in [0.1, 0.15) is 37.7 Å². The van der Waals surface area contributed by atoms with E-state index >= 15 is 0 Å². The molecule has 19 heavy (non-hydrogen) atoms. The molecule has 0 aromatic heterocycles. The molecule has 0 radical (unpaired) electrons. The van der Waals surface area contributed by atoms with Gasteiger partial charge in [0.15, 0.2) is 0 Å². The van der Waals surface area contributed by atoms with Crippen molar-refractivity contribution in [3.63, 3.8) is 0 Å². The summed E-state index contributed by atoms with van der Waals surface area (Å²) in [7, 11) is 2.00. The van der Waals surface area contributed by atoms with Crippen molar-refractivity contribution in [2.75, 3.05) is 18.5 Å². The highest BCUT2D eigenvalue weighted by molar-refractivity contribution is 6.30. The summed E-state index contributed by atoms with van der Waals surface area (Å²) in [5.41, 5.74) is 2.73. The van der Waals surface area contributed by atoms with E-state index in [1.165, 1.54) is 49.9 Å². The van der Waals surface area contributed by atoms with Crippen molar-refractivity contribution >= 4 is 17.3 Å². The Labute approximate surface area is 121 Å². The monoisotopic (exact) mass is 278 g/mol. The molecule has 104 valence electrons. The van der Waals surface area contributed by atoms with Crippen LogP contribution in [0.5, 0.6) is 0 Å². The summed E-state index contributed by atoms with van der Waals surface area (Å²) in [5.74, 6) is 0.923. The Hall–Kier alpha value is -0.730. The lowest BCUT2D eigenvalue weighted by atomic mass is 9.91. The summed E-state index contributed by atoms with van der Waals surface area (Å²) in [6.07, 6.45) is 6.96. The molecular weight excluding hydrogens is 256 g/mol. The Balaban J connectivity index is 1.91. The number of hydrogen-bond donors (Lipinski definition) is 1. The predicted molar refractivity (Wildman–Crippen MR) is 81.9 cm³/mol. The highest BCUT2D eigenvalue weighted by atomic mass is 35.5. The van der Waals surface area contributed by atoms with Crippen molar-refractivity contribution in [1.82, 2.24) is 5.32 Å². The van der Waals surface area contributed by atoms with Crippen LogP contribution in [0.3, 0.4) is 0 Å². The third-order valence-electron chi connectivity index (χ3n) is 4.71. The third-order valence-corrected chi connectivity index (χ3v) is 4.95. The molecule has 1 saturated heterocycles. The molecule has 2 aliphatic rings. The highest BCUT2D eigenvalue weighted by Gasteiger charge is 2.35. The molecular formula is C16H23ClN2. The van der Waals surface area contributed by atoms with Crippen LogP contribution in [0.4, 0.5) is 5.69 Å². The molecule has 0 amide bonds. The SMILES string of the molecule is CNCc1cc(Cl)ccc1N1CCCC2CCCC21. The molecule has 2 atom stereocenters. The molecule has 2 fully saturated rings. The van der Waals surface area contributed by atoms with E-state index in [0.717, 1.165) is 23.5 Å². The van der Waals surface area contributed by atoms with Gasteiger partial charge in [-0.05, 0) is 62.4 Å². The number of nitrogens with zero attached hydrogens (tertiary/aromatic N) is 1. The fraction of sp³-hybridized carbons (Fsp3) is 0.625. The predicted octanol–water partition coefficient (Wildman–Crippen LogP) is 3.83. The van der Waals surface area contributed by atoms with E-state index < -0.39 is 0 Å². The lowest BCUT2D eigenvalue weighted by Crippen LogP contribution is -2.43. The summed E-state index contributed by atoms with van der Waals surface area (Å²) in [6, 6.07) is 7.14. The van der Waals surface area contributed by atoms with Crippen molar-refractivity contribution < 1.29 is 0 Å². The topological polar surface area (TPSA) is 15.3 Å². The summed E-state index contributed by atoms with van der Waals surface area (Å²) in [4.78, 5) is 2.66. The zero-order valence-corrected chi connectivity index (χ0v) is 12.4. The second-order valence-electron chi connectivity index (χ2n) is 5.90. The van der Waals surface area contributed by atoms with E-state index in [1.54, 1.807) is 0 Å². The van der Waals surface area contributed by atoms with Crippen LogP contribution in [0, 0.1) is 5.92 Å². The number of nitrogens with one attached hydrogen (secondary N) is 1.